The van der Waals surface area contributed by atoms with Crippen molar-refractivity contribution in [3.05, 3.63) is 0 Å². The van der Waals surface area contributed by atoms with Crippen LogP contribution in [0.1, 0.15) is 68.7 Å². The van der Waals surface area contributed by atoms with Gasteiger partial charge in [-0.2, -0.15) is 0 Å². The molecular formula is C21H32O4. The lowest BCUT2D eigenvalue weighted by Gasteiger charge is -2.50. The number of hydrogen-bond donors (Lipinski definition) is 2. The molecule has 0 bridgehead atoms. The van der Waals surface area contributed by atoms with E-state index in [4.69, 9.17) is 0 Å². The summed E-state index contributed by atoms with van der Waals surface area (Å²) in [5.74, 6) is 9.23. The predicted octanol–water partition coefficient (Wildman–Crippen LogP) is 4.29. The van der Waals surface area contributed by atoms with Gasteiger partial charge >= 0.3 is 11.9 Å². The van der Waals surface area contributed by atoms with Gasteiger partial charge in [-0.3, -0.25) is 9.59 Å². The molecule has 0 aliphatic carbocycles. The van der Waals surface area contributed by atoms with E-state index >= 15 is 0 Å². The highest BCUT2D eigenvalue weighted by atomic mass is 16.4. The Balaban J connectivity index is 6.06. The monoisotopic (exact) mass is 348 g/mol. The first kappa shape index (κ1) is 23.1. The van der Waals surface area contributed by atoms with Crippen molar-refractivity contribution in [2.75, 3.05) is 0 Å². The summed E-state index contributed by atoms with van der Waals surface area (Å²) in [7, 11) is 0. The molecule has 4 nitrogen and oxygen atoms in total. The smallest absolute Gasteiger partial charge is 0.322 e. The molecule has 0 fully saturated rings. The summed E-state index contributed by atoms with van der Waals surface area (Å²) in [5, 5.41) is 19.8. The first-order valence-electron chi connectivity index (χ1n) is 8.51. The molecule has 140 valence electrons. The molecule has 0 aliphatic heterocycles. The summed E-state index contributed by atoms with van der Waals surface area (Å²) in [4.78, 5) is 24.3. The molecule has 0 atom stereocenters. The second-order valence-corrected chi connectivity index (χ2v) is 9.23. The van der Waals surface area contributed by atoms with E-state index < -0.39 is 33.6 Å². The SMILES string of the molecule is CC(C)C#CC#CC(C)(C)CC(C)(C)C(C(=O)O)(C(=O)O)C(C)(C)C. The van der Waals surface area contributed by atoms with Crippen molar-refractivity contribution in [1.82, 2.24) is 0 Å². The third-order valence-corrected chi connectivity index (χ3v) is 4.49. The van der Waals surface area contributed by atoms with Crippen molar-refractivity contribution < 1.29 is 19.8 Å². The summed E-state index contributed by atoms with van der Waals surface area (Å²) in [6, 6.07) is 0. The Bertz CT molecular complexity index is 623. The van der Waals surface area contributed by atoms with Crippen molar-refractivity contribution in [2.45, 2.75) is 68.7 Å². The molecule has 0 aliphatic rings. The summed E-state index contributed by atoms with van der Waals surface area (Å²) < 4.78 is 0. The van der Waals surface area contributed by atoms with Gasteiger partial charge in [0.2, 0.25) is 0 Å². The molecule has 0 aromatic rings. The number of rotatable bonds is 5. The lowest BCUT2D eigenvalue weighted by molar-refractivity contribution is -0.189. The Labute approximate surface area is 152 Å². The van der Waals surface area contributed by atoms with Crippen LogP contribution < -0.4 is 0 Å². The zero-order valence-electron chi connectivity index (χ0n) is 17.0. The van der Waals surface area contributed by atoms with Gasteiger partial charge in [0.1, 0.15) is 0 Å². The molecule has 0 aromatic carbocycles. The largest absolute Gasteiger partial charge is 0.480 e. The van der Waals surface area contributed by atoms with Gasteiger partial charge in [0.25, 0.3) is 0 Å². The average Bonchev–Trinajstić information content (AvgIpc) is 2.29. The fraction of sp³-hybridized carbons (Fsp3) is 0.714. The summed E-state index contributed by atoms with van der Waals surface area (Å²) in [5.41, 5.74) is -4.53. The molecule has 25 heavy (non-hydrogen) atoms. The van der Waals surface area contributed by atoms with Gasteiger partial charge in [-0.1, -0.05) is 60.3 Å². The summed E-state index contributed by atoms with van der Waals surface area (Å²) >= 11 is 0. The molecule has 0 rings (SSSR count). The predicted molar refractivity (Wildman–Crippen MR) is 99.7 cm³/mol. The van der Waals surface area contributed by atoms with Crippen LogP contribution in [0.25, 0.3) is 0 Å². The van der Waals surface area contributed by atoms with Gasteiger partial charge in [-0.25, -0.2) is 0 Å². The minimum absolute atomic E-state index is 0.224. The number of aliphatic carboxylic acids is 2. The van der Waals surface area contributed by atoms with Crippen molar-refractivity contribution in [3.8, 4) is 23.7 Å². The first-order chi connectivity index (χ1) is 11.0. The highest BCUT2D eigenvalue weighted by Crippen LogP contribution is 2.56. The highest BCUT2D eigenvalue weighted by molar-refractivity contribution is 6.00. The minimum atomic E-state index is -1.94. The van der Waals surface area contributed by atoms with Crippen LogP contribution in [0.2, 0.25) is 0 Å². The lowest BCUT2D eigenvalue weighted by atomic mass is 9.50. The van der Waals surface area contributed by atoms with E-state index in [1.54, 1.807) is 34.6 Å². The number of hydrogen-bond acceptors (Lipinski definition) is 2. The lowest BCUT2D eigenvalue weighted by Crippen LogP contribution is -2.59. The van der Waals surface area contributed by atoms with E-state index in [0.29, 0.717) is 6.42 Å². The van der Waals surface area contributed by atoms with E-state index in [2.05, 4.69) is 23.7 Å². The molecule has 0 spiro atoms. The quantitative estimate of drug-likeness (QED) is 0.574. The molecule has 0 aromatic heterocycles. The van der Waals surface area contributed by atoms with E-state index in [-0.39, 0.29) is 5.92 Å². The van der Waals surface area contributed by atoms with Crippen molar-refractivity contribution in [1.29, 1.82) is 0 Å². The molecular weight excluding hydrogens is 316 g/mol. The standard InChI is InChI=1S/C21H32O4/c1-15(2)12-10-11-13-19(6,7)14-20(8,9)21(16(22)23,17(24)25)18(3,4)5/h15H,14H2,1-9H3,(H,22,23)(H,24,25). The molecule has 0 heterocycles. The average molecular weight is 348 g/mol. The van der Waals surface area contributed by atoms with Crippen molar-refractivity contribution >= 4 is 11.9 Å². The van der Waals surface area contributed by atoms with Gasteiger partial charge in [-0.15, -0.1) is 0 Å². The topological polar surface area (TPSA) is 74.6 Å². The molecule has 0 saturated heterocycles. The zero-order chi connectivity index (χ0) is 20.3. The van der Waals surface area contributed by atoms with Gasteiger partial charge in [0.05, 0.1) is 0 Å². The van der Waals surface area contributed by atoms with Gasteiger partial charge in [-0.05, 0) is 42.9 Å². The normalized spacial score (nSPS) is 12.7. The molecule has 0 amide bonds. The maximum absolute atomic E-state index is 12.1. The fourth-order valence-electron chi connectivity index (χ4n) is 3.99. The van der Waals surface area contributed by atoms with E-state index in [1.807, 2.05) is 27.7 Å². The molecule has 4 heteroatoms. The summed E-state index contributed by atoms with van der Waals surface area (Å²) in [6.07, 6.45) is 0.312. The minimum Gasteiger partial charge on any atom is -0.480 e. The number of carboxylic acids is 2. The van der Waals surface area contributed by atoms with E-state index in [1.165, 1.54) is 0 Å². The van der Waals surface area contributed by atoms with Crippen LogP contribution >= 0.6 is 0 Å². The van der Waals surface area contributed by atoms with Crippen LogP contribution in [-0.2, 0) is 9.59 Å². The van der Waals surface area contributed by atoms with Gasteiger partial charge in [0.15, 0.2) is 5.41 Å². The van der Waals surface area contributed by atoms with E-state index in [0.717, 1.165) is 0 Å². The Morgan fingerprint density at radius 2 is 1.32 bits per heavy atom. The van der Waals surface area contributed by atoms with Crippen LogP contribution in [0.3, 0.4) is 0 Å². The third kappa shape index (κ3) is 5.02. The molecule has 0 radical (unpaired) electrons. The van der Waals surface area contributed by atoms with Crippen LogP contribution in [-0.4, -0.2) is 22.2 Å². The fourth-order valence-corrected chi connectivity index (χ4v) is 3.99. The van der Waals surface area contributed by atoms with Crippen LogP contribution in [0.4, 0.5) is 0 Å². The van der Waals surface area contributed by atoms with Crippen molar-refractivity contribution in [2.24, 2.45) is 27.6 Å². The molecule has 0 unspecified atom stereocenters. The van der Waals surface area contributed by atoms with E-state index in [9.17, 15) is 19.8 Å². The maximum atomic E-state index is 12.1. The highest BCUT2D eigenvalue weighted by Gasteiger charge is 2.65. The van der Waals surface area contributed by atoms with Crippen molar-refractivity contribution in [3.63, 3.8) is 0 Å². The molecule has 2 N–H and O–H groups in total. The van der Waals surface area contributed by atoms with Gasteiger partial charge < -0.3 is 10.2 Å². The number of carbonyl (C=O) groups is 2. The van der Waals surface area contributed by atoms with Gasteiger partial charge in [0, 0.05) is 11.3 Å². The Kier molecular flexibility index (Phi) is 6.94. The Morgan fingerprint density at radius 1 is 0.880 bits per heavy atom. The molecule has 0 saturated carbocycles. The van der Waals surface area contributed by atoms with Crippen LogP contribution in [0, 0.1) is 51.3 Å². The second-order valence-electron chi connectivity index (χ2n) is 9.23. The van der Waals surface area contributed by atoms with Crippen LogP contribution in [0.5, 0.6) is 0 Å². The van der Waals surface area contributed by atoms with Crippen LogP contribution in [0.15, 0.2) is 0 Å². The zero-order valence-corrected chi connectivity index (χ0v) is 17.0. The second kappa shape index (κ2) is 7.52. The Morgan fingerprint density at radius 3 is 1.64 bits per heavy atom. The third-order valence-electron chi connectivity index (χ3n) is 4.49. The Hall–Kier alpha value is -1.94. The summed E-state index contributed by atoms with van der Waals surface area (Å²) in [6.45, 7) is 16.1. The maximum Gasteiger partial charge on any atom is 0.322 e. The first-order valence-corrected chi connectivity index (χ1v) is 8.51. The number of carboxylic acid groups (broad SMARTS) is 2.